The van der Waals surface area contributed by atoms with Crippen molar-refractivity contribution in [3.8, 4) is 0 Å². The molecule has 0 bridgehead atoms. The predicted molar refractivity (Wildman–Crippen MR) is 70.1 cm³/mol. The van der Waals surface area contributed by atoms with E-state index in [9.17, 15) is 4.79 Å². The Morgan fingerprint density at radius 1 is 1.47 bits per heavy atom. The number of aromatic nitrogens is 2. The third kappa shape index (κ3) is 2.00. The molecular weight excluding hydrogens is 282 g/mol. The molecular formula is C12H12BrN3O. The van der Waals surface area contributed by atoms with Crippen molar-refractivity contribution in [2.75, 3.05) is 13.1 Å². The molecule has 0 spiro atoms. The summed E-state index contributed by atoms with van der Waals surface area (Å²) in [5.41, 5.74) is 0.796. The Bertz CT molecular complexity index is 619. The molecule has 1 saturated heterocycles. The molecule has 0 aliphatic carbocycles. The average Bonchev–Trinajstić information content (AvgIpc) is 2.27. The molecule has 4 nitrogen and oxygen atoms in total. The van der Waals surface area contributed by atoms with Gasteiger partial charge in [-0.05, 0) is 18.2 Å². The van der Waals surface area contributed by atoms with Crippen LogP contribution < -0.4 is 10.9 Å². The lowest BCUT2D eigenvalue weighted by Gasteiger charge is -2.27. The SMILES string of the molecule is O=c1c2cc(Br)ccc2ncn1CC1CNC1. The zero-order valence-electron chi connectivity index (χ0n) is 9.19. The van der Waals surface area contributed by atoms with Gasteiger partial charge in [0.2, 0.25) is 0 Å². The molecule has 1 aliphatic heterocycles. The molecule has 3 rings (SSSR count). The molecule has 1 aliphatic rings. The van der Waals surface area contributed by atoms with Gasteiger partial charge >= 0.3 is 0 Å². The fourth-order valence-electron chi connectivity index (χ4n) is 2.02. The van der Waals surface area contributed by atoms with E-state index in [1.807, 2.05) is 18.2 Å². The maximum atomic E-state index is 12.2. The second kappa shape index (κ2) is 4.23. The van der Waals surface area contributed by atoms with E-state index in [1.54, 1.807) is 10.9 Å². The van der Waals surface area contributed by atoms with E-state index < -0.39 is 0 Å². The molecule has 88 valence electrons. The number of rotatable bonds is 2. The van der Waals surface area contributed by atoms with E-state index >= 15 is 0 Å². The molecule has 0 unspecified atom stereocenters. The van der Waals surface area contributed by atoms with Gasteiger partial charge < -0.3 is 5.32 Å². The molecule has 0 saturated carbocycles. The van der Waals surface area contributed by atoms with Gasteiger partial charge in [-0.1, -0.05) is 15.9 Å². The zero-order chi connectivity index (χ0) is 11.8. The topological polar surface area (TPSA) is 46.9 Å². The number of hydrogen-bond acceptors (Lipinski definition) is 3. The van der Waals surface area contributed by atoms with Crippen LogP contribution in [0.1, 0.15) is 0 Å². The largest absolute Gasteiger partial charge is 0.316 e. The third-order valence-corrected chi connectivity index (χ3v) is 3.60. The fourth-order valence-corrected chi connectivity index (χ4v) is 2.38. The van der Waals surface area contributed by atoms with Crippen molar-refractivity contribution in [1.82, 2.24) is 14.9 Å². The molecule has 0 atom stereocenters. The first-order valence-corrected chi connectivity index (χ1v) is 6.39. The van der Waals surface area contributed by atoms with Crippen molar-refractivity contribution in [3.63, 3.8) is 0 Å². The Balaban J connectivity index is 2.07. The van der Waals surface area contributed by atoms with Crippen LogP contribution >= 0.6 is 15.9 Å². The molecule has 2 aromatic rings. The Labute approximate surface area is 107 Å². The highest BCUT2D eigenvalue weighted by Gasteiger charge is 2.18. The zero-order valence-corrected chi connectivity index (χ0v) is 10.8. The smallest absolute Gasteiger partial charge is 0.261 e. The quantitative estimate of drug-likeness (QED) is 0.910. The highest BCUT2D eigenvalue weighted by Crippen LogP contribution is 2.15. The monoisotopic (exact) mass is 293 g/mol. The molecule has 1 fully saturated rings. The van der Waals surface area contributed by atoms with Crippen molar-refractivity contribution in [2.45, 2.75) is 6.54 Å². The van der Waals surface area contributed by atoms with Crippen molar-refractivity contribution >= 4 is 26.8 Å². The highest BCUT2D eigenvalue weighted by molar-refractivity contribution is 9.10. The number of fused-ring (bicyclic) bond motifs is 1. The summed E-state index contributed by atoms with van der Waals surface area (Å²) in [6, 6.07) is 5.59. The van der Waals surface area contributed by atoms with E-state index in [1.165, 1.54) is 0 Å². The van der Waals surface area contributed by atoms with Crippen LogP contribution in [0.15, 0.2) is 33.8 Å². The van der Waals surface area contributed by atoms with E-state index in [4.69, 9.17) is 0 Å². The number of halogens is 1. The summed E-state index contributed by atoms with van der Waals surface area (Å²) < 4.78 is 2.62. The van der Waals surface area contributed by atoms with Gasteiger partial charge in [0.05, 0.1) is 17.2 Å². The molecule has 1 aromatic heterocycles. The summed E-state index contributed by atoms with van der Waals surface area (Å²) in [6.07, 6.45) is 1.65. The van der Waals surface area contributed by atoms with Crippen molar-refractivity contribution in [2.24, 2.45) is 5.92 Å². The van der Waals surface area contributed by atoms with Crippen molar-refractivity contribution < 1.29 is 0 Å². The van der Waals surface area contributed by atoms with Gasteiger partial charge in [-0.15, -0.1) is 0 Å². The van der Waals surface area contributed by atoms with Crippen LogP contribution in [0.3, 0.4) is 0 Å². The van der Waals surface area contributed by atoms with Crippen LogP contribution in [-0.2, 0) is 6.54 Å². The van der Waals surface area contributed by atoms with Gasteiger partial charge in [0, 0.05) is 30.0 Å². The fraction of sp³-hybridized carbons (Fsp3) is 0.333. The first-order valence-electron chi connectivity index (χ1n) is 5.59. The standard InChI is InChI=1S/C12H12BrN3O/c13-9-1-2-11-10(3-9)12(17)16(7-15-11)6-8-4-14-5-8/h1-3,7-8,14H,4-6H2. The number of benzene rings is 1. The number of hydrogen-bond donors (Lipinski definition) is 1. The molecule has 0 amide bonds. The average molecular weight is 294 g/mol. The Hall–Kier alpha value is -1.20. The Morgan fingerprint density at radius 2 is 2.29 bits per heavy atom. The lowest BCUT2D eigenvalue weighted by Crippen LogP contribution is -2.45. The lowest BCUT2D eigenvalue weighted by atomic mass is 10.0. The normalized spacial score (nSPS) is 16.1. The molecule has 0 radical (unpaired) electrons. The van der Waals surface area contributed by atoms with E-state index in [0.717, 1.165) is 29.6 Å². The Kier molecular flexibility index (Phi) is 2.72. The summed E-state index contributed by atoms with van der Waals surface area (Å²) in [4.78, 5) is 16.6. The highest BCUT2D eigenvalue weighted by atomic mass is 79.9. The Morgan fingerprint density at radius 3 is 3.00 bits per heavy atom. The molecule has 2 heterocycles. The van der Waals surface area contributed by atoms with Gasteiger partial charge in [-0.3, -0.25) is 9.36 Å². The van der Waals surface area contributed by atoms with E-state index in [0.29, 0.717) is 11.3 Å². The van der Waals surface area contributed by atoms with Crippen LogP contribution in [-0.4, -0.2) is 22.6 Å². The summed E-state index contributed by atoms with van der Waals surface area (Å²) in [6.45, 7) is 2.73. The van der Waals surface area contributed by atoms with E-state index in [-0.39, 0.29) is 5.56 Å². The third-order valence-electron chi connectivity index (χ3n) is 3.11. The minimum Gasteiger partial charge on any atom is -0.316 e. The predicted octanol–water partition coefficient (Wildman–Crippen LogP) is 1.38. The maximum Gasteiger partial charge on any atom is 0.261 e. The number of nitrogens with one attached hydrogen (secondary N) is 1. The van der Waals surface area contributed by atoms with Gasteiger partial charge in [0.25, 0.3) is 5.56 Å². The molecule has 17 heavy (non-hydrogen) atoms. The first kappa shape index (κ1) is 10.9. The van der Waals surface area contributed by atoms with Gasteiger partial charge in [0.15, 0.2) is 0 Å². The van der Waals surface area contributed by atoms with Crippen LogP contribution in [0.25, 0.3) is 10.9 Å². The number of nitrogens with zero attached hydrogens (tertiary/aromatic N) is 2. The summed E-state index contributed by atoms with van der Waals surface area (Å²) in [5.74, 6) is 0.555. The summed E-state index contributed by atoms with van der Waals surface area (Å²) in [5, 5.41) is 3.88. The van der Waals surface area contributed by atoms with Crippen LogP contribution in [0.2, 0.25) is 0 Å². The van der Waals surface area contributed by atoms with Crippen molar-refractivity contribution in [1.29, 1.82) is 0 Å². The lowest BCUT2D eigenvalue weighted by molar-refractivity contribution is 0.303. The minimum atomic E-state index is 0.0446. The first-order chi connectivity index (χ1) is 8.24. The minimum absolute atomic E-state index is 0.0446. The van der Waals surface area contributed by atoms with E-state index in [2.05, 4.69) is 26.2 Å². The second-order valence-electron chi connectivity index (χ2n) is 4.39. The molecule has 5 heteroatoms. The van der Waals surface area contributed by atoms with Crippen LogP contribution in [0.4, 0.5) is 0 Å². The van der Waals surface area contributed by atoms with Crippen LogP contribution in [0.5, 0.6) is 0 Å². The summed E-state index contributed by atoms with van der Waals surface area (Å²) >= 11 is 3.38. The van der Waals surface area contributed by atoms with Gasteiger partial charge in [-0.2, -0.15) is 0 Å². The molecule has 1 aromatic carbocycles. The van der Waals surface area contributed by atoms with Crippen LogP contribution in [0, 0.1) is 5.92 Å². The summed E-state index contributed by atoms with van der Waals surface area (Å²) in [7, 11) is 0. The maximum absolute atomic E-state index is 12.2. The van der Waals surface area contributed by atoms with Gasteiger partial charge in [-0.25, -0.2) is 4.98 Å². The van der Waals surface area contributed by atoms with Gasteiger partial charge in [0.1, 0.15) is 0 Å². The second-order valence-corrected chi connectivity index (χ2v) is 5.30. The van der Waals surface area contributed by atoms with Crippen molar-refractivity contribution in [3.05, 3.63) is 39.4 Å². The molecule has 1 N–H and O–H groups in total.